The highest BCUT2D eigenvalue weighted by Gasteiger charge is 2.43. The van der Waals surface area contributed by atoms with Crippen molar-refractivity contribution in [2.24, 2.45) is 0 Å². The van der Waals surface area contributed by atoms with Crippen LogP contribution in [0.25, 0.3) is 0 Å². The van der Waals surface area contributed by atoms with Crippen molar-refractivity contribution in [3.8, 4) is 0 Å². The van der Waals surface area contributed by atoms with Gasteiger partial charge in [0.25, 0.3) is 5.91 Å². The number of morpholine rings is 1. The van der Waals surface area contributed by atoms with E-state index in [2.05, 4.69) is 10.2 Å². The van der Waals surface area contributed by atoms with Crippen LogP contribution < -0.4 is 10.2 Å². The molecule has 3 aromatic carbocycles. The predicted molar refractivity (Wildman–Crippen MR) is 179 cm³/mol. The molecular formula is C35H36Cl2FN3O7. The normalized spacial score (nSPS) is 19.3. The van der Waals surface area contributed by atoms with Crippen molar-refractivity contribution in [1.29, 1.82) is 0 Å². The van der Waals surface area contributed by atoms with Crippen LogP contribution in [0.1, 0.15) is 37.3 Å². The molecule has 0 aromatic heterocycles. The Hall–Kier alpha value is -4.29. The van der Waals surface area contributed by atoms with Crippen LogP contribution in [-0.2, 0) is 35.1 Å². The Kier molecular flexibility index (Phi) is 12.3. The van der Waals surface area contributed by atoms with Crippen LogP contribution >= 0.6 is 23.2 Å². The third kappa shape index (κ3) is 9.41. The fourth-order valence-electron chi connectivity index (χ4n) is 6.01. The lowest BCUT2D eigenvalue weighted by atomic mass is 9.80. The van der Waals surface area contributed by atoms with Crippen LogP contribution in [0.15, 0.2) is 84.9 Å². The molecule has 2 heterocycles. The number of likely N-dealkylation sites (tertiary alicyclic amines) is 1. The number of benzene rings is 3. The fourth-order valence-corrected chi connectivity index (χ4v) is 6.31. The second-order valence-electron chi connectivity index (χ2n) is 11.6. The quantitative estimate of drug-likeness (QED) is 0.245. The molecule has 0 bridgehead atoms. The Balaban J connectivity index is 0.000000579. The number of nitrogens with one attached hydrogen (secondary N) is 1. The van der Waals surface area contributed by atoms with Gasteiger partial charge in [-0.2, -0.15) is 0 Å². The van der Waals surface area contributed by atoms with E-state index in [-0.39, 0.29) is 24.2 Å². The number of rotatable bonds is 9. The number of hydrogen-bond donors (Lipinski definition) is 3. The molecule has 0 aliphatic carbocycles. The van der Waals surface area contributed by atoms with E-state index in [1.807, 2.05) is 48.5 Å². The smallest absolute Gasteiger partial charge is 0.328 e. The van der Waals surface area contributed by atoms with Crippen molar-refractivity contribution in [3.63, 3.8) is 0 Å². The van der Waals surface area contributed by atoms with Crippen LogP contribution in [0.5, 0.6) is 0 Å². The number of halogens is 3. The summed E-state index contributed by atoms with van der Waals surface area (Å²) >= 11 is 12.7. The number of nitrogens with zero attached hydrogens (tertiary/aromatic N) is 2. The number of carboxylic acids is 2. The highest BCUT2D eigenvalue weighted by atomic mass is 35.5. The number of anilines is 1. The Labute approximate surface area is 287 Å². The highest BCUT2D eigenvalue weighted by Crippen LogP contribution is 2.39. The van der Waals surface area contributed by atoms with E-state index in [1.54, 1.807) is 17.0 Å². The van der Waals surface area contributed by atoms with Crippen molar-refractivity contribution in [1.82, 2.24) is 10.2 Å². The molecule has 3 aromatic rings. The molecule has 2 aliphatic rings. The molecular weight excluding hydrogens is 664 g/mol. The van der Waals surface area contributed by atoms with Gasteiger partial charge >= 0.3 is 11.9 Å². The number of piperidine rings is 1. The lowest BCUT2D eigenvalue weighted by Gasteiger charge is -2.46. The lowest BCUT2D eigenvalue weighted by molar-refractivity contribution is -0.141. The van der Waals surface area contributed by atoms with Gasteiger partial charge in [-0.15, -0.1) is 0 Å². The average Bonchev–Trinajstić information content (AvgIpc) is 3.06. The summed E-state index contributed by atoms with van der Waals surface area (Å²) in [6.07, 6.45) is 3.01. The standard InChI is InChI=1S/C31H32Cl2FN3O3.C4H4O4/c1-22(38)35-30(23-6-5-7-25(34)18-23)12-15-36(16-13-30)17-14-31(24-10-11-27(32)28(33)19-24)21-37(29(39)20-40-31)26-8-3-2-4-9-26;5-3(6)1-2-4(7)8/h2-11,18-19H,12-17,20-21H2,1H3,(H,35,38);1-2H,(H,5,6)(H,7,8)/b;2-1+. The summed E-state index contributed by atoms with van der Waals surface area (Å²) in [5.41, 5.74) is 1.03. The highest BCUT2D eigenvalue weighted by molar-refractivity contribution is 6.42. The number of carbonyl (C=O) groups is 4. The molecule has 2 amide bonds. The first-order chi connectivity index (χ1) is 22.8. The van der Waals surface area contributed by atoms with E-state index in [4.69, 9.17) is 38.2 Å². The molecule has 0 saturated carbocycles. The minimum atomic E-state index is -1.26. The van der Waals surface area contributed by atoms with Crippen LogP contribution in [-0.4, -0.2) is 71.7 Å². The minimum absolute atomic E-state index is 0.0552. The van der Waals surface area contributed by atoms with Crippen molar-refractivity contribution < 1.29 is 38.5 Å². The van der Waals surface area contributed by atoms with Crippen LogP contribution in [0, 0.1) is 5.82 Å². The van der Waals surface area contributed by atoms with Crippen molar-refractivity contribution in [2.75, 3.05) is 37.7 Å². The van der Waals surface area contributed by atoms with Gasteiger partial charge in [0, 0.05) is 44.4 Å². The zero-order valence-corrected chi connectivity index (χ0v) is 27.7. The molecule has 3 N–H and O–H groups in total. The topological polar surface area (TPSA) is 136 Å². The van der Waals surface area contributed by atoms with E-state index in [1.165, 1.54) is 19.1 Å². The summed E-state index contributed by atoms with van der Waals surface area (Å²) < 4.78 is 20.4. The molecule has 2 fully saturated rings. The number of carbonyl (C=O) groups excluding carboxylic acids is 2. The van der Waals surface area contributed by atoms with E-state index in [9.17, 15) is 23.6 Å². The van der Waals surface area contributed by atoms with Gasteiger partial charge in [0.2, 0.25) is 5.91 Å². The Morgan fingerprint density at radius 3 is 2.17 bits per heavy atom. The third-order valence-corrected chi connectivity index (χ3v) is 9.14. The minimum Gasteiger partial charge on any atom is -0.478 e. The maximum Gasteiger partial charge on any atom is 0.328 e. The number of para-hydroxylation sites is 1. The molecule has 1 atom stereocenters. The Bertz CT molecular complexity index is 1650. The zero-order valence-electron chi connectivity index (χ0n) is 26.2. The number of carboxylic acid groups (broad SMARTS) is 2. The first kappa shape index (κ1) is 36.5. The summed E-state index contributed by atoms with van der Waals surface area (Å²) in [5, 5.41) is 19.6. The first-order valence-electron chi connectivity index (χ1n) is 15.2. The number of aliphatic carboxylic acids is 2. The third-order valence-electron chi connectivity index (χ3n) is 8.40. The van der Waals surface area contributed by atoms with Gasteiger partial charge < -0.3 is 30.1 Å². The van der Waals surface area contributed by atoms with Gasteiger partial charge in [0.05, 0.1) is 22.1 Å². The van der Waals surface area contributed by atoms with Gasteiger partial charge in [-0.3, -0.25) is 9.59 Å². The summed E-state index contributed by atoms with van der Waals surface area (Å²) in [7, 11) is 0. The number of ether oxygens (including phenoxy) is 1. The lowest BCUT2D eigenvalue weighted by Crippen LogP contribution is -2.55. The summed E-state index contributed by atoms with van der Waals surface area (Å²) in [5.74, 6) is -3.08. The average molecular weight is 701 g/mol. The largest absolute Gasteiger partial charge is 0.478 e. The summed E-state index contributed by atoms with van der Waals surface area (Å²) in [6.45, 7) is 3.87. The summed E-state index contributed by atoms with van der Waals surface area (Å²) in [6, 6.07) is 21.5. The van der Waals surface area contributed by atoms with E-state index < -0.39 is 23.1 Å². The van der Waals surface area contributed by atoms with Gasteiger partial charge in [0.15, 0.2) is 0 Å². The zero-order chi connectivity index (χ0) is 34.9. The fraction of sp³-hybridized carbons (Fsp3) is 0.314. The second kappa shape index (κ2) is 16.2. The van der Waals surface area contributed by atoms with Gasteiger partial charge in [-0.1, -0.05) is 59.6 Å². The molecule has 2 saturated heterocycles. The maximum absolute atomic E-state index is 14.1. The van der Waals surface area contributed by atoms with Crippen molar-refractivity contribution in [3.05, 3.63) is 112 Å². The van der Waals surface area contributed by atoms with E-state index >= 15 is 0 Å². The van der Waals surface area contributed by atoms with Crippen LogP contribution in [0.3, 0.4) is 0 Å². The maximum atomic E-state index is 14.1. The predicted octanol–water partition coefficient (Wildman–Crippen LogP) is 5.62. The van der Waals surface area contributed by atoms with E-state index in [0.29, 0.717) is 67.6 Å². The molecule has 48 heavy (non-hydrogen) atoms. The number of amides is 2. The molecule has 5 rings (SSSR count). The molecule has 0 spiro atoms. The summed E-state index contributed by atoms with van der Waals surface area (Å²) in [4.78, 5) is 48.3. The van der Waals surface area contributed by atoms with Gasteiger partial charge in [-0.05, 0) is 66.8 Å². The molecule has 2 aliphatic heterocycles. The Morgan fingerprint density at radius 1 is 0.917 bits per heavy atom. The molecule has 1 unspecified atom stereocenters. The van der Waals surface area contributed by atoms with Gasteiger partial charge in [0.1, 0.15) is 18.0 Å². The second-order valence-corrected chi connectivity index (χ2v) is 12.4. The molecule has 13 heteroatoms. The van der Waals surface area contributed by atoms with Crippen LogP contribution in [0.4, 0.5) is 10.1 Å². The van der Waals surface area contributed by atoms with Crippen LogP contribution in [0.2, 0.25) is 10.0 Å². The number of hydrogen-bond acceptors (Lipinski definition) is 6. The van der Waals surface area contributed by atoms with E-state index in [0.717, 1.165) is 16.8 Å². The van der Waals surface area contributed by atoms with Gasteiger partial charge in [-0.25, -0.2) is 14.0 Å². The van der Waals surface area contributed by atoms with Crippen molar-refractivity contribution in [2.45, 2.75) is 37.3 Å². The SMILES string of the molecule is CC(=O)NC1(c2cccc(F)c2)CCN(CCC2(c3ccc(Cl)c(Cl)c3)CN(c3ccccc3)C(=O)CO2)CC1.O=C(O)/C=C/C(=O)O. The first-order valence-corrected chi connectivity index (χ1v) is 15.9. The Morgan fingerprint density at radius 2 is 1.58 bits per heavy atom. The molecule has 10 nitrogen and oxygen atoms in total. The molecule has 0 radical (unpaired) electrons. The van der Waals surface area contributed by atoms with Crippen molar-refractivity contribution >= 4 is 52.6 Å². The monoisotopic (exact) mass is 699 g/mol. The molecule has 254 valence electrons.